The Kier molecular flexibility index (Phi) is 19.1. The van der Waals surface area contributed by atoms with Crippen molar-refractivity contribution < 1.29 is 38.6 Å². The van der Waals surface area contributed by atoms with Crippen LogP contribution >= 0.6 is 0 Å². The second-order valence-electron chi connectivity index (χ2n) is 15.7. The number of methoxy groups -OCH3 is 2. The van der Waals surface area contributed by atoms with Gasteiger partial charge in [0.05, 0.1) is 42.7 Å². The average Bonchev–Trinajstić information content (AvgIpc) is 3.62. The monoisotopic (exact) mass is 760 g/mol. The molecule has 4 amide bonds. The molecule has 1 aromatic rings. The lowest BCUT2D eigenvalue weighted by Crippen LogP contribution is -2.60. The number of carboxylic acid groups (broad SMARTS) is 1. The Hall–Kier alpha value is -3.55. The van der Waals surface area contributed by atoms with Crippen LogP contribution in [0.4, 0.5) is 0 Å². The fourth-order valence-electron chi connectivity index (χ4n) is 7.84. The van der Waals surface area contributed by atoms with Crippen molar-refractivity contribution in [2.75, 3.05) is 41.4 Å². The summed E-state index contributed by atoms with van der Waals surface area (Å²) < 4.78 is 11.9. The van der Waals surface area contributed by atoms with E-state index in [4.69, 9.17) is 9.47 Å². The van der Waals surface area contributed by atoms with Gasteiger partial charge < -0.3 is 35.0 Å². The Balaban J connectivity index is 2.28. The van der Waals surface area contributed by atoms with E-state index in [1.807, 2.05) is 90.7 Å². The highest BCUT2D eigenvalue weighted by atomic mass is 16.5. The molecule has 0 saturated carbocycles. The number of carboxylic acids is 1. The summed E-state index contributed by atoms with van der Waals surface area (Å²) in [6.45, 7) is 16.7. The standard InChI is InChI=1S/C41H69N5O8/c1-13-27(7)36(45(10)40(50)34(25(3)4)43-39(49)35(26(5)6)44(9)14-2)32(53-11)24-33(47)46-22-18-21-31(46)37(54-12)28(8)38(48)42-30(41(51)52)23-29-19-16-15-17-20-29/h15-17,19-20,25-28,30-32,34-37H,13-14,18,21-24H2,1-12H3,(H,42,48)(H,43,49)(H,51,52). The van der Waals surface area contributed by atoms with Crippen molar-refractivity contribution in [3.8, 4) is 0 Å². The first-order chi connectivity index (χ1) is 25.4. The number of nitrogens with one attached hydrogen (secondary N) is 2. The molecular formula is C41H69N5O8. The van der Waals surface area contributed by atoms with Crippen molar-refractivity contribution in [3.05, 3.63) is 35.9 Å². The molecule has 2 rings (SSSR count). The van der Waals surface area contributed by atoms with Crippen LogP contribution in [0.5, 0.6) is 0 Å². The lowest BCUT2D eigenvalue weighted by molar-refractivity contribution is -0.148. The van der Waals surface area contributed by atoms with Gasteiger partial charge in [0.15, 0.2) is 0 Å². The van der Waals surface area contributed by atoms with Crippen molar-refractivity contribution in [1.29, 1.82) is 0 Å². The van der Waals surface area contributed by atoms with Crippen molar-refractivity contribution >= 4 is 29.6 Å². The molecule has 13 nitrogen and oxygen atoms in total. The highest BCUT2D eigenvalue weighted by molar-refractivity contribution is 5.90. The number of hydrogen-bond donors (Lipinski definition) is 3. The zero-order valence-corrected chi connectivity index (χ0v) is 34.8. The van der Waals surface area contributed by atoms with Gasteiger partial charge in [0.2, 0.25) is 23.6 Å². The molecule has 0 radical (unpaired) electrons. The van der Waals surface area contributed by atoms with E-state index in [2.05, 4.69) is 10.6 Å². The van der Waals surface area contributed by atoms with Gasteiger partial charge in [0.1, 0.15) is 12.1 Å². The molecule has 0 spiro atoms. The zero-order chi connectivity index (χ0) is 40.9. The Bertz CT molecular complexity index is 1360. The predicted octanol–water partition coefficient (Wildman–Crippen LogP) is 3.84. The number of carbonyl (C=O) groups excluding carboxylic acids is 4. The minimum atomic E-state index is -1.14. The van der Waals surface area contributed by atoms with Gasteiger partial charge in [0, 0.05) is 34.2 Å². The molecule has 54 heavy (non-hydrogen) atoms. The lowest BCUT2D eigenvalue weighted by atomic mass is 9.89. The number of benzene rings is 1. The number of rotatable bonds is 22. The van der Waals surface area contributed by atoms with Crippen LogP contribution in [0.3, 0.4) is 0 Å². The molecule has 9 atom stereocenters. The number of hydrogen-bond acceptors (Lipinski definition) is 8. The van der Waals surface area contributed by atoms with Crippen LogP contribution in [-0.2, 0) is 39.9 Å². The van der Waals surface area contributed by atoms with Gasteiger partial charge in [-0.15, -0.1) is 0 Å². The molecule has 306 valence electrons. The molecule has 13 heteroatoms. The highest BCUT2D eigenvalue weighted by Crippen LogP contribution is 2.30. The van der Waals surface area contributed by atoms with Gasteiger partial charge >= 0.3 is 5.97 Å². The number of likely N-dealkylation sites (tertiary alicyclic amines) is 1. The lowest BCUT2D eigenvalue weighted by Gasteiger charge is -2.41. The number of amides is 4. The molecule has 0 bridgehead atoms. The molecule has 1 aliphatic rings. The predicted molar refractivity (Wildman–Crippen MR) is 210 cm³/mol. The minimum Gasteiger partial charge on any atom is -0.480 e. The van der Waals surface area contributed by atoms with E-state index >= 15 is 0 Å². The Morgan fingerprint density at radius 2 is 1.54 bits per heavy atom. The molecule has 3 N–H and O–H groups in total. The molecular weight excluding hydrogens is 690 g/mol. The van der Waals surface area contributed by atoms with Crippen molar-refractivity contribution in [2.24, 2.45) is 23.7 Å². The highest BCUT2D eigenvalue weighted by Gasteiger charge is 2.43. The van der Waals surface area contributed by atoms with E-state index in [0.717, 1.165) is 12.0 Å². The molecule has 9 unspecified atom stereocenters. The van der Waals surface area contributed by atoms with Crippen molar-refractivity contribution in [1.82, 2.24) is 25.3 Å². The Labute approximate surface area is 323 Å². The van der Waals surface area contributed by atoms with Gasteiger partial charge in [-0.3, -0.25) is 24.1 Å². The summed E-state index contributed by atoms with van der Waals surface area (Å²) in [7, 11) is 6.66. The third kappa shape index (κ3) is 12.2. The molecule has 0 aromatic heterocycles. The summed E-state index contributed by atoms with van der Waals surface area (Å²) in [4.78, 5) is 73.0. The first-order valence-electron chi connectivity index (χ1n) is 19.6. The van der Waals surface area contributed by atoms with Crippen molar-refractivity contribution in [3.63, 3.8) is 0 Å². The van der Waals surface area contributed by atoms with Gasteiger partial charge in [-0.05, 0) is 49.8 Å². The fourth-order valence-corrected chi connectivity index (χ4v) is 7.84. The van der Waals surface area contributed by atoms with Crippen LogP contribution in [0.1, 0.15) is 86.6 Å². The average molecular weight is 760 g/mol. The van der Waals surface area contributed by atoms with Crippen LogP contribution in [0.25, 0.3) is 0 Å². The van der Waals surface area contributed by atoms with E-state index in [9.17, 15) is 29.1 Å². The Morgan fingerprint density at radius 3 is 2.04 bits per heavy atom. The fraction of sp³-hybridized carbons (Fsp3) is 0.732. The number of nitrogens with zero attached hydrogens (tertiary/aromatic N) is 3. The first kappa shape index (κ1) is 46.6. The summed E-state index contributed by atoms with van der Waals surface area (Å²) >= 11 is 0. The van der Waals surface area contributed by atoms with Crippen LogP contribution in [0.15, 0.2) is 30.3 Å². The first-order valence-corrected chi connectivity index (χ1v) is 19.6. The van der Waals surface area contributed by atoms with Gasteiger partial charge in [-0.25, -0.2) is 4.79 Å². The number of likely N-dealkylation sites (N-methyl/N-ethyl adjacent to an activating group) is 2. The summed E-state index contributed by atoms with van der Waals surface area (Å²) in [6, 6.07) is 5.91. The zero-order valence-electron chi connectivity index (χ0n) is 34.8. The molecule has 1 saturated heterocycles. The van der Waals surface area contributed by atoms with Crippen molar-refractivity contribution in [2.45, 2.75) is 130 Å². The second-order valence-corrected chi connectivity index (χ2v) is 15.7. The number of aliphatic carboxylic acids is 1. The summed E-state index contributed by atoms with van der Waals surface area (Å²) in [5, 5.41) is 15.6. The maximum Gasteiger partial charge on any atom is 0.326 e. The van der Waals surface area contributed by atoms with Crippen LogP contribution in [0, 0.1) is 23.7 Å². The van der Waals surface area contributed by atoms with Crippen LogP contribution in [0.2, 0.25) is 0 Å². The SMILES string of the molecule is CCC(C)C(C(CC(=O)N1CCCC1C(OC)C(C)C(=O)NC(Cc1ccccc1)C(=O)O)OC)N(C)C(=O)C(NC(=O)C(C(C)C)N(C)CC)C(C)C. The summed E-state index contributed by atoms with van der Waals surface area (Å²) in [5.74, 6) is -3.18. The largest absolute Gasteiger partial charge is 0.480 e. The maximum absolute atomic E-state index is 14.3. The second kappa shape index (κ2) is 22.1. The quantitative estimate of drug-likeness (QED) is 0.160. The van der Waals surface area contributed by atoms with Crippen LogP contribution < -0.4 is 10.6 Å². The minimum absolute atomic E-state index is 0.00970. The van der Waals surface area contributed by atoms with E-state index in [1.54, 1.807) is 30.9 Å². The normalized spacial score (nSPS) is 19.1. The molecule has 0 aliphatic carbocycles. The maximum atomic E-state index is 14.3. The van der Waals surface area contributed by atoms with Crippen LogP contribution in [-0.4, -0.2) is 133 Å². The summed E-state index contributed by atoms with van der Waals surface area (Å²) in [6.07, 6.45) is 0.821. The Morgan fingerprint density at radius 1 is 0.907 bits per heavy atom. The van der Waals surface area contributed by atoms with Gasteiger partial charge in [-0.1, -0.05) is 92.1 Å². The topological polar surface area (TPSA) is 158 Å². The van der Waals surface area contributed by atoms with Gasteiger partial charge in [0.25, 0.3) is 0 Å². The summed E-state index contributed by atoms with van der Waals surface area (Å²) in [5.41, 5.74) is 0.786. The molecule has 1 aliphatic heterocycles. The third-order valence-corrected chi connectivity index (χ3v) is 11.3. The van der Waals surface area contributed by atoms with E-state index in [0.29, 0.717) is 25.9 Å². The number of carbonyl (C=O) groups is 5. The molecule has 1 fully saturated rings. The smallest absolute Gasteiger partial charge is 0.326 e. The van der Waals surface area contributed by atoms with E-state index in [-0.39, 0.29) is 48.3 Å². The van der Waals surface area contributed by atoms with E-state index in [1.165, 1.54) is 7.11 Å². The molecule has 1 heterocycles. The van der Waals surface area contributed by atoms with Gasteiger partial charge in [-0.2, -0.15) is 0 Å². The molecule has 1 aromatic carbocycles. The number of ether oxygens (including phenoxy) is 2. The van der Waals surface area contributed by atoms with E-state index < -0.39 is 60.2 Å². The third-order valence-electron chi connectivity index (χ3n) is 11.3.